The number of aliphatic hydroxyl groups excluding tert-OH is 1. The highest BCUT2D eigenvalue weighted by Gasteiger charge is 2.11. The van der Waals surface area contributed by atoms with Crippen LogP contribution in [0.4, 0.5) is 10.1 Å². The van der Waals surface area contributed by atoms with Gasteiger partial charge in [0.05, 0.1) is 12.3 Å². The summed E-state index contributed by atoms with van der Waals surface area (Å²) in [5.74, 6) is 0.381. The topological polar surface area (TPSA) is 35.5 Å². The molecule has 0 aromatic heterocycles. The van der Waals surface area contributed by atoms with Crippen molar-refractivity contribution in [3.8, 4) is 0 Å². The van der Waals surface area contributed by atoms with Crippen LogP contribution < -0.4 is 10.2 Å². The zero-order valence-electron chi connectivity index (χ0n) is 13.5. The first kappa shape index (κ1) is 17.9. The smallest absolute Gasteiger partial charge is 0.146 e. The summed E-state index contributed by atoms with van der Waals surface area (Å²) in [6, 6.07) is 5.38. The molecule has 0 bridgehead atoms. The monoisotopic (exact) mass is 296 g/mol. The van der Waals surface area contributed by atoms with Crippen LogP contribution in [-0.4, -0.2) is 31.3 Å². The van der Waals surface area contributed by atoms with E-state index in [9.17, 15) is 4.39 Å². The number of hydrogen-bond acceptors (Lipinski definition) is 3. The lowest BCUT2D eigenvalue weighted by Gasteiger charge is -2.24. The predicted molar refractivity (Wildman–Crippen MR) is 87.2 cm³/mol. The summed E-state index contributed by atoms with van der Waals surface area (Å²) in [7, 11) is 0. The summed E-state index contributed by atoms with van der Waals surface area (Å²) >= 11 is 0. The number of aliphatic hydroxyl groups is 1. The lowest BCUT2D eigenvalue weighted by Crippen LogP contribution is -2.28. The van der Waals surface area contributed by atoms with Crippen LogP contribution in [0.1, 0.15) is 39.2 Å². The van der Waals surface area contributed by atoms with Crippen molar-refractivity contribution in [1.82, 2.24) is 5.32 Å². The molecular weight excluding hydrogens is 267 g/mol. The van der Waals surface area contributed by atoms with Gasteiger partial charge in [-0.3, -0.25) is 0 Å². The Morgan fingerprint density at radius 3 is 2.62 bits per heavy atom. The van der Waals surface area contributed by atoms with E-state index in [1.165, 1.54) is 0 Å². The predicted octanol–water partition coefficient (Wildman–Crippen LogP) is 3.17. The molecule has 0 unspecified atom stereocenters. The molecule has 0 aliphatic carbocycles. The summed E-state index contributed by atoms with van der Waals surface area (Å²) < 4.78 is 14.3. The van der Waals surface area contributed by atoms with E-state index in [0.29, 0.717) is 24.7 Å². The van der Waals surface area contributed by atoms with Crippen LogP contribution in [-0.2, 0) is 6.54 Å². The second-order valence-electron chi connectivity index (χ2n) is 5.87. The number of benzene rings is 1. The summed E-state index contributed by atoms with van der Waals surface area (Å²) in [6.45, 7) is 9.31. The Bertz CT molecular complexity index is 410. The molecule has 0 radical (unpaired) electrons. The lowest BCUT2D eigenvalue weighted by molar-refractivity contribution is 0.301. The molecule has 3 nitrogen and oxygen atoms in total. The lowest BCUT2D eigenvalue weighted by atomic mass is 10.1. The third kappa shape index (κ3) is 6.44. The van der Waals surface area contributed by atoms with Gasteiger partial charge in [-0.05, 0) is 36.6 Å². The van der Waals surface area contributed by atoms with Crippen LogP contribution >= 0.6 is 0 Å². The van der Waals surface area contributed by atoms with Gasteiger partial charge in [0.2, 0.25) is 0 Å². The van der Waals surface area contributed by atoms with Crippen molar-refractivity contribution in [2.75, 3.05) is 31.1 Å². The fourth-order valence-corrected chi connectivity index (χ4v) is 2.24. The molecule has 2 N–H and O–H groups in total. The molecule has 0 aliphatic rings. The van der Waals surface area contributed by atoms with Crippen LogP contribution in [0.3, 0.4) is 0 Å². The molecule has 120 valence electrons. The number of nitrogens with one attached hydrogen (secondary N) is 1. The van der Waals surface area contributed by atoms with Crippen molar-refractivity contribution in [3.63, 3.8) is 0 Å². The molecule has 1 aromatic carbocycles. The van der Waals surface area contributed by atoms with E-state index >= 15 is 0 Å². The third-order valence-corrected chi connectivity index (χ3v) is 3.39. The molecular formula is C17H29FN2O. The van der Waals surface area contributed by atoms with Crippen LogP contribution in [0.5, 0.6) is 0 Å². The summed E-state index contributed by atoms with van der Waals surface area (Å²) in [5, 5.41) is 12.5. The second kappa shape index (κ2) is 9.74. The minimum absolute atomic E-state index is 0.0425. The summed E-state index contributed by atoms with van der Waals surface area (Å²) in [4.78, 5) is 1.92. The molecule has 0 spiro atoms. The number of hydrogen-bond donors (Lipinski definition) is 2. The molecule has 0 amide bonds. The molecule has 4 heteroatoms. The van der Waals surface area contributed by atoms with E-state index in [-0.39, 0.29) is 12.4 Å². The Labute approximate surface area is 128 Å². The Morgan fingerprint density at radius 2 is 2.05 bits per heavy atom. The van der Waals surface area contributed by atoms with Crippen molar-refractivity contribution in [2.45, 2.75) is 40.2 Å². The van der Waals surface area contributed by atoms with Crippen molar-refractivity contribution in [1.29, 1.82) is 0 Å². The van der Waals surface area contributed by atoms with Gasteiger partial charge >= 0.3 is 0 Å². The summed E-state index contributed by atoms with van der Waals surface area (Å²) in [5.41, 5.74) is 1.54. The Hall–Kier alpha value is -1.13. The zero-order valence-corrected chi connectivity index (χ0v) is 13.5. The SMILES string of the molecule is CCCCN(CCO)c1ccc(CNCC(C)C)cc1F. The first-order valence-electron chi connectivity index (χ1n) is 7.93. The van der Waals surface area contributed by atoms with Gasteiger partial charge in [0.1, 0.15) is 5.82 Å². The maximum atomic E-state index is 14.3. The zero-order chi connectivity index (χ0) is 15.7. The van der Waals surface area contributed by atoms with Gasteiger partial charge in [0.15, 0.2) is 0 Å². The van der Waals surface area contributed by atoms with Gasteiger partial charge in [0, 0.05) is 19.6 Å². The maximum absolute atomic E-state index is 14.3. The van der Waals surface area contributed by atoms with E-state index in [4.69, 9.17) is 5.11 Å². The van der Waals surface area contributed by atoms with Crippen LogP contribution in [0.15, 0.2) is 18.2 Å². The Kier molecular flexibility index (Phi) is 8.31. The molecule has 0 fully saturated rings. The molecule has 0 heterocycles. The number of unbranched alkanes of at least 4 members (excludes halogenated alkanes) is 1. The van der Waals surface area contributed by atoms with E-state index in [1.54, 1.807) is 6.07 Å². The Balaban J connectivity index is 2.70. The second-order valence-corrected chi connectivity index (χ2v) is 5.87. The minimum atomic E-state index is -0.205. The highest BCUT2D eigenvalue weighted by Crippen LogP contribution is 2.21. The van der Waals surface area contributed by atoms with Gasteiger partial charge in [-0.25, -0.2) is 4.39 Å². The molecule has 1 aromatic rings. The molecule has 0 saturated carbocycles. The van der Waals surface area contributed by atoms with E-state index < -0.39 is 0 Å². The molecule has 21 heavy (non-hydrogen) atoms. The molecule has 0 saturated heterocycles. The van der Waals surface area contributed by atoms with E-state index in [1.807, 2.05) is 17.0 Å². The normalized spacial score (nSPS) is 11.1. The van der Waals surface area contributed by atoms with E-state index in [2.05, 4.69) is 26.1 Å². The number of rotatable bonds is 10. The highest BCUT2D eigenvalue weighted by molar-refractivity contribution is 5.49. The average molecular weight is 296 g/mol. The minimum Gasteiger partial charge on any atom is -0.395 e. The van der Waals surface area contributed by atoms with Crippen molar-refractivity contribution < 1.29 is 9.50 Å². The standard InChI is InChI=1S/C17H29FN2O/c1-4-5-8-20(9-10-21)17-7-6-15(11-16(17)18)13-19-12-14(2)3/h6-7,11,14,19,21H,4-5,8-10,12-13H2,1-3H3. The molecule has 0 atom stereocenters. The van der Waals surface area contributed by atoms with Gasteiger partial charge in [-0.2, -0.15) is 0 Å². The fourth-order valence-electron chi connectivity index (χ4n) is 2.24. The van der Waals surface area contributed by atoms with Crippen LogP contribution in [0.2, 0.25) is 0 Å². The molecule has 1 rings (SSSR count). The summed E-state index contributed by atoms with van der Waals surface area (Å²) in [6.07, 6.45) is 2.05. The van der Waals surface area contributed by atoms with Gasteiger partial charge in [-0.15, -0.1) is 0 Å². The van der Waals surface area contributed by atoms with Crippen molar-refractivity contribution >= 4 is 5.69 Å². The largest absolute Gasteiger partial charge is 0.395 e. The van der Waals surface area contributed by atoms with Crippen LogP contribution in [0, 0.1) is 11.7 Å². The first-order chi connectivity index (χ1) is 10.1. The number of anilines is 1. The van der Waals surface area contributed by atoms with Crippen molar-refractivity contribution in [3.05, 3.63) is 29.6 Å². The first-order valence-corrected chi connectivity index (χ1v) is 7.93. The highest BCUT2D eigenvalue weighted by atomic mass is 19.1. The Morgan fingerprint density at radius 1 is 1.29 bits per heavy atom. The number of halogens is 1. The van der Waals surface area contributed by atoms with E-state index in [0.717, 1.165) is 31.5 Å². The maximum Gasteiger partial charge on any atom is 0.146 e. The number of nitrogens with zero attached hydrogens (tertiary/aromatic N) is 1. The van der Waals surface area contributed by atoms with Crippen molar-refractivity contribution in [2.24, 2.45) is 5.92 Å². The third-order valence-electron chi connectivity index (χ3n) is 3.39. The van der Waals surface area contributed by atoms with Gasteiger partial charge < -0.3 is 15.3 Å². The average Bonchev–Trinajstić information content (AvgIpc) is 2.43. The molecule has 0 aliphatic heterocycles. The van der Waals surface area contributed by atoms with Crippen LogP contribution in [0.25, 0.3) is 0 Å². The van der Waals surface area contributed by atoms with Gasteiger partial charge in [0.25, 0.3) is 0 Å². The fraction of sp³-hybridized carbons (Fsp3) is 0.647. The van der Waals surface area contributed by atoms with Gasteiger partial charge in [-0.1, -0.05) is 33.3 Å². The quantitative estimate of drug-likeness (QED) is 0.696.